The molecule has 0 atom stereocenters. The van der Waals surface area contributed by atoms with E-state index in [2.05, 4.69) is 54.9 Å². The second-order valence-corrected chi connectivity index (χ2v) is 5.72. The number of anilines is 2. The monoisotopic (exact) mass is 355 g/mol. The van der Waals surface area contributed by atoms with Crippen LogP contribution in [0.2, 0.25) is 0 Å². The first-order valence-electron chi connectivity index (χ1n) is 6.66. The number of aromatic nitrogens is 3. The lowest BCUT2D eigenvalue weighted by Gasteiger charge is -2.19. The molecule has 0 bridgehead atoms. The summed E-state index contributed by atoms with van der Waals surface area (Å²) >= 11 is 5.16. The Kier molecular flexibility index (Phi) is 5.31. The molecule has 2 aromatic rings. The maximum atomic E-state index is 4.60. The minimum atomic E-state index is 0.623. The molecule has 0 saturated carbocycles. The number of nitrogens with one attached hydrogen (secondary N) is 1. The second-order valence-electron chi connectivity index (χ2n) is 4.12. The zero-order valence-electron chi connectivity index (χ0n) is 11.9. The highest BCUT2D eigenvalue weighted by atomic mass is 79.9. The average molecular weight is 356 g/mol. The van der Waals surface area contributed by atoms with Gasteiger partial charge in [-0.3, -0.25) is 0 Å². The fraction of sp³-hybridized carbons (Fsp3) is 0.462. The van der Waals surface area contributed by atoms with Crippen LogP contribution < -0.4 is 10.2 Å². The van der Waals surface area contributed by atoms with Crippen molar-refractivity contribution in [2.24, 2.45) is 0 Å². The molecule has 1 N–H and O–H groups in total. The van der Waals surface area contributed by atoms with Gasteiger partial charge in [0.15, 0.2) is 5.82 Å². The first-order chi connectivity index (χ1) is 9.69. The van der Waals surface area contributed by atoms with Crippen molar-refractivity contribution in [3.8, 4) is 11.4 Å². The molecule has 0 aromatic carbocycles. The van der Waals surface area contributed by atoms with Gasteiger partial charge in [-0.1, -0.05) is 0 Å². The fourth-order valence-electron chi connectivity index (χ4n) is 1.81. The Morgan fingerprint density at radius 2 is 1.90 bits per heavy atom. The Morgan fingerprint density at radius 3 is 2.45 bits per heavy atom. The van der Waals surface area contributed by atoms with Gasteiger partial charge in [-0.25, -0.2) is 0 Å². The summed E-state index contributed by atoms with van der Waals surface area (Å²) in [6, 6.07) is 0. The third-order valence-electron chi connectivity index (χ3n) is 2.86. The highest BCUT2D eigenvalue weighted by Gasteiger charge is 2.14. The van der Waals surface area contributed by atoms with Gasteiger partial charge in [0.1, 0.15) is 0 Å². The van der Waals surface area contributed by atoms with E-state index in [1.54, 1.807) is 11.3 Å². The molecule has 2 heterocycles. The summed E-state index contributed by atoms with van der Waals surface area (Å²) in [5.74, 6) is 2.04. The van der Waals surface area contributed by atoms with Crippen LogP contribution in [0.5, 0.6) is 0 Å². The van der Waals surface area contributed by atoms with Gasteiger partial charge in [0.05, 0.1) is 0 Å². The van der Waals surface area contributed by atoms with Crippen LogP contribution in [0, 0.1) is 0 Å². The molecule has 20 heavy (non-hydrogen) atoms. The van der Waals surface area contributed by atoms with Gasteiger partial charge in [-0.15, -0.1) is 0 Å². The van der Waals surface area contributed by atoms with Crippen LogP contribution in [0.4, 0.5) is 11.9 Å². The number of rotatable bonds is 6. The molecule has 0 spiro atoms. The van der Waals surface area contributed by atoms with Crippen LogP contribution in [0.1, 0.15) is 20.8 Å². The van der Waals surface area contributed by atoms with Gasteiger partial charge >= 0.3 is 0 Å². The van der Waals surface area contributed by atoms with Gasteiger partial charge in [0.25, 0.3) is 0 Å². The maximum Gasteiger partial charge on any atom is 0.230 e. The maximum absolute atomic E-state index is 4.60. The van der Waals surface area contributed by atoms with Crippen molar-refractivity contribution >= 4 is 39.2 Å². The number of nitrogens with zero attached hydrogens (tertiary/aromatic N) is 4. The molecule has 0 saturated heterocycles. The van der Waals surface area contributed by atoms with Gasteiger partial charge < -0.3 is 10.2 Å². The summed E-state index contributed by atoms with van der Waals surface area (Å²) in [6.45, 7) is 8.75. The van der Waals surface area contributed by atoms with Crippen molar-refractivity contribution in [3.05, 3.63) is 15.2 Å². The molecule has 0 fully saturated rings. The molecule has 0 aliphatic heterocycles. The Labute approximate surface area is 131 Å². The first kappa shape index (κ1) is 15.2. The standard InChI is InChI=1S/C13H18BrN5S/c1-4-15-12-16-11(9-7-20-8-10(9)14)17-13(18-12)19(5-2)6-3/h7-8H,4-6H2,1-3H3,(H,15,16,17,18). The van der Waals surface area contributed by atoms with Crippen molar-refractivity contribution in [3.63, 3.8) is 0 Å². The minimum Gasteiger partial charge on any atom is -0.354 e. The number of thiophene rings is 1. The fourth-order valence-corrected chi connectivity index (χ4v) is 3.26. The smallest absolute Gasteiger partial charge is 0.230 e. The van der Waals surface area contributed by atoms with Crippen LogP contribution in [-0.4, -0.2) is 34.6 Å². The average Bonchev–Trinajstić information content (AvgIpc) is 2.87. The number of hydrogen-bond acceptors (Lipinski definition) is 6. The van der Waals surface area contributed by atoms with Crippen LogP contribution in [0.25, 0.3) is 11.4 Å². The molecule has 108 valence electrons. The van der Waals surface area contributed by atoms with Crippen molar-refractivity contribution < 1.29 is 0 Å². The van der Waals surface area contributed by atoms with E-state index in [9.17, 15) is 0 Å². The van der Waals surface area contributed by atoms with E-state index in [0.29, 0.717) is 17.7 Å². The first-order valence-corrected chi connectivity index (χ1v) is 8.40. The zero-order valence-corrected chi connectivity index (χ0v) is 14.3. The summed E-state index contributed by atoms with van der Waals surface area (Å²) in [5.41, 5.74) is 1.00. The Hall–Kier alpha value is -1.21. The molecule has 5 nitrogen and oxygen atoms in total. The van der Waals surface area contributed by atoms with Crippen molar-refractivity contribution in [2.75, 3.05) is 29.9 Å². The quantitative estimate of drug-likeness (QED) is 0.856. The number of hydrogen-bond donors (Lipinski definition) is 1. The topological polar surface area (TPSA) is 53.9 Å². The highest BCUT2D eigenvalue weighted by Crippen LogP contribution is 2.30. The Bertz CT molecular complexity index is 568. The van der Waals surface area contributed by atoms with E-state index in [-0.39, 0.29) is 0 Å². The predicted molar refractivity (Wildman–Crippen MR) is 88.6 cm³/mol. The second kappa shape index (κ2) is 6.99. The molecular formula is C13H18BrN5S. The highest BCUT2D eigenvalue weighted by molar-refractivity contribution is 9.10. The predicted octanol–water partition coefficient (Wildman–Crippen LogP) is 3.64. The van der Waals surface area contributed by atoms with E-state index < -0.39 is 0 Å². The van der Waals surface area contributed by atoms with Gasteiger partial charge in [0, 0.05) is 40.4 Å². The molecule has 0 radical (unpaired) electrons. The number of halogens is 1. The third-order valence-corrected chi connectivity index (χ3v) is 4.56. The Balaban J connectivity index is 2.48. The summed E-state index contributed by atoms with van der Waals surface area (Å²) < 4.78 is 1.02. The lowest BCUT2D eigenvalue weighted by Crippen LogP contribution is -2.25. The van der Waals surface area contributed by atoms with E-state index in [1.165, 1.54) is 0 Å². The summed E-state index contributed by atoms with van der Waals surface area (Å²) in [4.78, 5) is 15.7. The van der Waals surface area contributed by atoms with E-state index >= 15 is 0 Å². The van der Waals surface area contributed by atoms with Crippen LogP contribution in [0.3, 0.4) is 0 Å². The lowest BCUT2D eigenvalue weighted by atomic mass is 10.3. The van der Waals surface area contributed by atoms with Gasteiger partial charge in [0.2, 0.25) is 11.9 Å². The van der Waals surface area contributed by atoms with Crippen molar-refractivity contribution in [2.45, 2.75) is 20.8 Å². The normalized spacial score (nSPS) is 10.6. The van der Waals surface area contributed by atoms with Crippen molar-refractivity contribution in [1.82, 2.24) is 15.0 Å². The van der Waals surface area contributed by atoms with Gasteiger partial charge in [-0.05, 0) is 36.7 Å². The molecule has 0 aliphatic rings. The van der Waals surface area contributed by atoms with Gasteiger partial charge in [-0.2, -0.15) is 26.3 Å². The molecule has 7 heteroatoms. The molecule has 2 aromatic heterocycles. The third kappa shape index (κ3) is 3.27. The molecular weight excluding hydrogens is 338 g/mol. The van der Waals surface area contributed by atoms with E-state index in [1.807, 2.05) is 17.7 Å². The lowest BCUT2D eigenvalue weighted by molar-refractivity contribution is 0.814. The summed E-state index contributed by atoms with van der Waals surface area (Å²) in [7, 11) is 0. The van der Waals surface area contributed by atoms with Crippen LogP contribution in [0.15, 0.2) is 15.2 Å². The largest absolute Gasteiger partial charge is 0.354 e. The van der Waals surface area contributed by atoms with Crippen LogP contribution in [-0.2, 0) is 0 Å². The van der Waals surface area contributed by atoms with Crippen molar-refractivity contribution in [1.29, 1.82) is 0 Å². The molecule has 0 amide bonds. The summed E-state index contributed by atoms with van der Waals surface area (Å²) in [6.07, 6.45) is 0. The minimum absolute atomic E-state index is 0.623. The molecule has 0 aliphatic carbocycles. The summed E-state index contributed by atoms with van der Waals surface area (Å²) in [5, 5.41) is 7.25. The Morgan fingerprint density at radius 1 is 1.15 bits per heavy atom. The van der Waals surface area contributed by atoms with E-state index in [0.717, 1.165) is 29.7 Å². The SMILES string of the molecule is CCNc1nc(-c2cscc2Br)nc(N(CC)CC)n1. The molecule has 2 rings (SSSR count). The zero-order chi connectivity index (χ0) is 14.5. The molecule has 0 unspecified atom stereocenters. The van der Waals surface area contributed by atoms with Crippen LogP contribution >= 0.6 is 27.3 Å². The van der Waals surface area contributed by atoms with E-state index in [4.69, 9.17) is 0 Å².